The first-order valence-corrected chi connectivity index (χ1v) is 7.37. The SMILES string of the molecule is CCOc1ccccc1-c1nc(=S)c(Br)c(COC)[nH]1. The summed E-state index contributed by atoms with van der Waals surface area (Å²) in [4.78, 5) is 7.65. The van der Waals surface area contributed by atoms with E-state index in [1.54, 1.807) is 7.11 Å². The van der Waals surface area contributed by atoms with Crippen LogP contribution >= 0.6 is 28.1 Å². The van der Waals surface area contributed by atoms with Crippen LogP contribution in [0.4, 0.5) is 0 Å². The van der Waals surface area contributed by atoms with E-state index in [1.165, 1.54) is 0 Å². The third-order valence-corrected chi connectivity index (χ3v) is 4.08. The van der Waals surface area contributed by atoms with Crippen molar-refractivity contribution < 1.29 is 9.47 Å². The minimum Gasteiger partial charge on any atom is -0.493 e. The Labute approximate surface area is 131 Å². The molecule has 0 amide bonds. The van der Waals surface area contributed by atoms with E-state index in [0.29, 0.717) is 23.7 Å². The zero-order valence-corrected chi connectivity index (χ0v) is 13.7. The van der Waals surface area contributed by atoms with Gasteiger partial charge in [0.15, 0.2) is 0 Å². The maximum Gasteiger partial charge on any atom is 0.144 e. The molecule has 2 aromatic rings. The molecular formula is C14H15BrN2O2S. The molecule has 1 aromatic carbocycles. The lowest BCUT2D eigenvalue weighted by molar-refractivity contribution is 0.181. The molecule has 1 heterocycles. The highest BCUT2D eigenvalue weighted by Crippen LogP contribution is 2.29. The van der Waals surface area contributed by atoms with Gasteiger partial charge in [-0.15, -0.1) is 0 Å². The van der Waals surface area contributed by atoms with Gasteiger partial charge in [0.2, 0.25) is 0 Å². The Balaban J connectivity index is 2.55. The summed E-state index contributed by atoms with van der Waals surface area (Å²) < 4.78 is 12.0. The van der Waals surface area contributed by atoms with Crippen LogP contribution < -0.4 is 4.74 Å². The number of nitrogens with zero attached hydrogens (tertiary/aromatic N) is 1. The van der Waals surface area contributed by atoms with Gasteiger partial charge in [0.25, 0.3) is 0 Å². The predicted molar refractivity (Wildman–Crippen MR) is 84.4 cm³/mol. The number of ether oxygens (including phenoxy) is 2. The van der Waals surface area contributed by atoms with Crippen LogP contribution in [-0.2, 0) is 11.3 Å². The molecule has 0 bridgehead atoms. The summed E-state index contributed by atoms with van der Waals surface area (Å²) in [6.45, 7) is 2.97. The van der Waals surface area contributed by atoms with Gasteiger partial charge >= 0.3 is 0 Å². The molecule has 0 aliphatic heterocycles. The zero-order valence-electron chi connectivity index (χ0n) is 11.3. The highest BCUT2D eigenvalue weighted by Gasteiger charge is 2.11. The quantitative estimate of drug-likeness (QED) is 0.820. The molecule has 20 heavy (non-hydrogen) atoms. The number of para-hydroxylation sites is 1. The number of aromatic nitrogens is 2. The fourth-order valence-electron chi connectivity index (χ4n) is 1.82. The first kappa shape index (κ1) is 15.2. The Morgan fingerprint density at radius 1 is 1.35 bits per heavy atom. The van der Waals surface area contributed by atoms with E-state index >= 15 is 0 Å². The molecule has 0 aliphatic rings. The Morgan fingerprint density at radius 2 is 2.10 bits per heavy atom. The minimum absolute atomic E-state index is 0.427. The van der Waals surface area contributed by atoms with Crippen LogP contribution in [-0.4, -0.2) is 23.7 Å². The van der Waals surface area contributed by atoms with Gasteiger partial charge < -0.3 is 14.5 Å². The van der Waals surface area contributed by atoms with E-state index < -0.39 is 0 Å². The first-order valence-electron chi connectivity index (χ1n) is 6.17. The molecule has 0 saturated heterocycles. The lowest BCUT2D eigenvalue weighted by atomic mass is 10.2. The number of H-pyrrole nitrogens is 1. The van der Waals surface area contributed by atoms with Crippen LogP contribution in [0, 0.1) is 4.64 Å². The van der Waals surface area contributed by atoms with E-state index in [2.05, 4.69) is 25.9 Å². The van der Waals surface area contributed by atoms with Crippen molar-refractivity contribution in [2.24, 2.45) is 0 Å². The van der Waals surface area contributed by atoms with E-state index in [4.69, 9.17) is 21.7 Å². The predicted octanol–water partition coefficient (Wildman–Crippen LogP) is 4.11. The van der Waals surface area contributed by atoms with Crippen molar-refractivity contribution in [3.63, 3.8) is 0 Å². The summed E-state index contributed by atoms with van der Waals surface area (Å²) in [7, 11) is 1.64. The highest BCUT2D eigenvalue weighted by molar-refractivity contribution is 9.10. The van der Waals surface area contributed by atoms with Gasteiger partial charge in [-0.3, -0.25) is 0 Å². The van der Waals surface area contributed by atoms with Crippen molar-refractivity contribution in [2.45, 2.75) is 13.5 Å². The first-order chi connectivity index (χ1) is 9.67. The summed E-state index contributed by atoms with van der Waals surface area (Å²) in [5.41, 5.74) is 1.74. The molecule has 1 aromatic heterocycles. The molecule has 0 saturated carbocycles. The largest absolute Gasteiger partial charge is 0.493 e. The van der Waals surface area contributed by atoms with E-state index in [-0.39, 0.29) is 0 Å². The van der Waals surface area contributed by atoms with Crippen LogP contribution in [0.25, 0.3) is 11.4 Å². The molecule has 4 nitrogen and oxygen atoms in total. The fraction of sp³-hybridized carbons (Fsp3) is 0.286. The Kier molecular flexibility index (Phi) is 5.28. The summed E-state index contributed by atoms with van der Waals surface area (Å²) in [6, 6.07) is 7.73. The van der Waals surface area contributed by atoms with Crippen molar-refractivity contribution in [1.82, 2.24) is 9.97 Å². The average molecular weight is 355 g/mol. The zero-order chi connectivity index (χ0) is 14.5. The Morgan fingerprint density at radius 3 is 2.80 bits per heavy atom. The van der Waals surface area contributed by atoms with Crippen LogP contribution in [0.1, 0.15) is 12.6 Å². The summed E-state index contributed by atoms with van der Waals surface area (Å²) in [6.07, 6.45) is 0. The van der Waals surface area contributed by atoms with Gasteiger partial charge in [-0.1, -0.05) is 24.4 Å². The van der Waals surface area contributed by atoms with Gasteiger partial charge in [-0.25, -0.2) is 4.98 Å². The molecule has 0 fully saturated rings. The van der Waals surface area contributed by atoms with E-state index in [1.807, 2.05) is 31.2 Å². The van der Waals surface area contributed by atoms with Crippen molar-refractivity contribution in [3.05, 3.63) is 39.1 Å². The fourth-order valence-corrected chi connectivity index (χ4v) is 2.34. The summed E-state index contributed by atoms with van der Waals surface area (Å²) in [5.74, 6) is 1.45. The van der Waals surface area contributed by atoms with Crippen molar-refractivity contribution in [3.8, 4) is 17.1 Å². The Hall–Kier alpha value is -1.24. The topological polar surface area (TPSA) is 47.1 Å². The number of rotatable bonds is 5. The molecule has 0 unspecified atom stereocenters. The van der Waals surface area contributed by atoms with Crippen molar-refractivity contribution in [1.29, 1.82) is 0 Å². The van der Waals surface area contributed by atoms with Gasteiger partial charge in [0.05, 0.1) is 28.9 Å². The number of halogens is 1. The number of benzene rings is 1. The molecule has 6 heteroatoms. The number of hydrogen-bond acceptors (Lipinski definition) is 4. The minimum atomic E-state index is 0.427. The third kappa shape index (κ3) is 3.26. The lowest BCUT2D eigenvalue weighted by Gasteiger charge is -2.11. The monoisotopic (exact) mass is 354 g/mol. The maximum absolute atomic E-state index is 5.62. The van der Waals surface area contributed by atoms with Crippen LogP contribution in [0.3, 0.4) is 0 Å². The van der Waals surface area contributed by atoms with Gasteiger partial charge in [-0.2, -0.15) is 0 Å². The third-order valence-electron chi connectivity index (χ3n) is 2.67. The molecule has 0 radical (unpaired) electrons. The molecular weight excluding hydrogens is 340 g/mol. The number of aromatic amines is 1. The van der Waals surface area contributed by atoms with Gasteiger partial charge in [0.1, 0.15) is 16.2 Å². The van der Waals surface area contributed by atoms with E-state index in [9.17, 15) is 0 Å². The lowest BCUT2D eigenvalue weighted by Crippen LogP contribution is -2.01. The normalized spacial score (nSPS) is 10.6. The molecule has 2 rings (SSSR count). The second kappa shape index (κ2) is 6.97. The summed E-state index contributed by atoms with van der Waals surface area (Å²) in [5, 5.41) is 0. The number of nitrogens with one attached hydrogen (secondary N) is 1. The average Bonchev–Trinajstić information content (AvgIpc) is 2.45. The van der Waals surface area contributed by atoms with Crippen LogP contribution in [0.5, 0.6) is 5.75 Å². The van der Waals surface area contributed by atoms with Crippen LogP contribution in [0.2, 0.25) is 0 Å². The molecule has 0 atom stereocenters. The smallest absolute Gasteiger partial charge is 0.144 e. The van der Waals surface area contributed by atoms with Crippen molar-refractivity contribution in [2.75, 3.05) is 13.7 Å². The molecule has 0 aliphatic carbocycles. The molecule has 0 spiro atoms. The van der Waals surface area contributed by atoms with Gasteiger partial charge in [0, 0.05) is 7.11 Å². The summed E-state index contributed by atoms with van der Waals surface area (Å²) >= 11 is 8.70. The maximum atomic E-state index is 5.62. The Bertz CT molecular complexity index is 658. The molecule has 1 N–H and O–H groups in total. The number of hydrogen-bond donors (Lipinski definition) is 1. The second-order valence-electron chi connectivity index (χ2n) is 4.05. The van der Waals surface area contributed by atoms with Gasteiger partial charge in [-0.05, 0) is 35.0 Å². The molecule has 106 valence electrons. The standard InChI is InChI=1S/C14H15BrN2O2S/c1-3-19-11-7-5-4-6-9(11)13-16-10(8-18-2)12(15)14(20)17-13/h4-7H,3,8H2,1-2H3,(H,16,17,20). The second-order valence-corrected chi connectivity index (χ2v) is 5.22. The van der Waals surface area contributed by atoms with Crippen LogP contribution in [0.15, 0.2) is 28.7 Å². The number of methoxy groups -OCH3 is 1. The van der Waals surface area contributed by atoms with Crippen molar-refractivity contribution >= 4 is 28.1 Å². The van der Waals surface area contributed by atoms with E-state index in [0.717, 1.165) is 21.5 Å². The highest BCUT2D eigenvalue weighted by atomic mass is 79.9.